The first-order valence-electron chi connectivity index (χ1n) is 9.23. The molecule has 0 saturated heterocycles. The van der Waals surface area contributed by atoms with Crippen molar-refractivity contribution in [2.75, 3.05) is 25.9 Å². The van der Waals surface area contributed by atoms with Crippen molar-refractivity contribution in [2.24, 2.45) is 0 Å². The van der Waals surface area contributed by atoms with Crippen LogP contribution in [0.2, 0.25) is 5.02 Å². The Morgan fingerprint density at radius 3 is 2.96 bits per heavy atom. The van der Waals surface area contributed by atoms with E-state index in [0.717, 1.165) is 41.2 Å². The molecule has 0 amide bonds. The molecule has 5 nitrogen and oxygen atoms in total. The highest BCUT2D eigenvalue weighted by Gasteiger charge is 2.20. The van der Waals surface area contributed by atoms with Crippen molar-refractivity contribution in [1.82, 2.24) is 14.9 Å². The maximum absolute atomic E-state index is 6.29. The summed E-state index contributed by atoms with van der Waals surface area (Å²) in [6.45, 7) is 1.97. The monoisotopic (exact) mass is 402 g/mol. The molecule has 2 heterocycles. The van der Waals surface area contributed by atoms with Gasteiger partial charge in [0, 0.05) is 16.4 Å². The largest absolute Gasteiger partial charge is 0.492 e. The average Bonchev–Trinajstić information content (AvgIpc) is 3.00. The number of hydrogen-bond acceptors (Lipinski definition) is 6. The number of aromatic nitrogens is 2. The number of hydrogen-bond donors (Lipinski definition) is 1. The van der Waals surface area contributed by atoms with Crippen LogP contribution in [-0.4, -0.2) is 35.1 Å². The molecule has 0 fully saturated rings. The lowest BCUT2D eigenvalue weighted by atomic mass is 9.97. The lowest BCUT2D eigenvalue weighted by Gasteiger charge is -2.16. The first kappa shape index (κ1) is 18.5. The molecule has 0 bridgehead atoms. The van der Waals surface area contributed by atoms with Gasteiger partial charge < -0.3 is 10.5 Å². The van der Waals surface area contributed by atoms with Crippen molar-refractivity contribution in [3.8, 4) is 5.75 Å². The van der Waals surface area contributed by atoms with Gasteiger partial charge in [-0.1, -0.05) is 17.7 Å². The number of nitrogen functional groups attached to an aromatic ring is 1. The maximum atomic E-state index is 6.29. The Morgan fingerprint density at radius 1 is 1.26 bits per heavy atom. The van der Waals surface area contributed by atoms with E-state index in [1.807, 2.05) is 31.3 Å². The normalized spacial score (nSPS) is 13.9. The number of aryl methyl sites for hydroxylation is 2. The van der Waals surface area contributed by atoms with Crippen LogP contribution >= 0.6 is 22.9 Å². The number of likely N-dealkylation sites (N-methyl/N-ethyl adjacent to an activating group) is 1. The number of thiophene rings is 1. The van der Waals surface area contributed by atoms with Crippen LogP contribution < -0.4 is 10.5 Å². The molecule has 1 aliphatic carbocycles. The fraction of sp³-hybridized carbons (Fsp3) is 0.400. The van der Waals surface area contributed by atoms with Gasteiger partial charge in [-0.25, -0.2) is 9.97 Å². The molecule has 1 aromatic carbocycles. The molecule has 0 unspecified atom stereocenters. The molecule has 4 rings (SSSR count). The molecule has 7 heteroatoms. The summed E-state index contributed by atoms with van der Waals surface area (Å²) < 4.78 is 5.75. The summed E-state index contributed by atoms with van der Waals surface area (Å²) in [6, 6.07) is 7.44. The van der Waals surface area contributed by atoms with Crippen molar-refractivity contribution >= 4 is 39.0 Å². The molecule has 27 heavy (non-hydrogen) atoms. The molecule has 0 radical (unpaired) electrons. The van der Waals surface area contributed by atoms with E-state index >= 15 is 0 Å². The predicted octanol–water partition coefficient (Wildman–Crippen LogP) is 4.32. The Morgan fingerprint density at radius 2 is 2.11 bits per heavy atom. The zero-order valence-electron chi connectivity index (χ0n) is 15.4. The highest BCUT2D eigenvalue weighted by atomic mass is 35.5. The second kappa shape index (κ2) is 8.00. The van der Waals surface area contributed by atoms with E-state index in [-0.39, 0.29) is 0 Å². The van der Waals surface area contributed by atoms with Crippen molar-refractivity contribution in [1.29, 1.82) is 0 Å². The molecular formula is C20H23ClN4OS. The Balaban J connectivity index is 1.40. The molecule has 3 aromatic rings. The number of nitrogens with zero attached hydrogens (tertiary/aromatic N) is 3. The summed E-state index contributed by atoms with van der Waals surface area (Å²) in [5, 5.41) is 1.77. The quantitative estimate of drug-likeness (QED) is 0.665. The number of rotatable bonds is 6. The lowest BCUT2D eigenvalue weighted by molar-refractivity contribution is 0.230. The van der Waals surface area contributed by atoms with Gasteiger partial charge >= 0.3 is 0 Å². The Bertz CT molecular complexity index is 959. The minimum Gasteiger partial charge on any atom is -0.492 e. The van der Waals surface area contributed by atoms with Crippen LogP contribution in [-0.2, 0) is 19.4 Å². The molecule has 142 valence electrons. The van der Waals surface area contributed by atoms with Crippen molar-refractivity contribution in [3.05, 3.63) is 45.6 Å². The van der Waals surface area contributed by atoms with E-state index in [2.05, 4.69) is 9.88 Å². The fourth-order valence-corrected chi connectivity index (χ4v) is 4.97. The highest BCUT2D eigenvalue weighted by molar-refractivity contribution is 7.19. The second-order valence-electron chi connectivity index (χ2n) is 6.96. The third-order valence-corrected chi connectivity index (χ3v) is 6.26. The van der Waals surface area contributed by atoms with Crippen LogP contribution in [0, 0.1) is 0 Å². The average molecular weight is 403 g/mol. The van der Waals surface area contributed by atoms with Gasteiger partial charge in [-0.05, 0) is 56.5 Å². The van der Waals surface area contributed by atoms with Gasteiger partial charge in [0.15, 0.2) is 0 Å². The van der Waals surface area contributed by atoms with Crippen molar-refractivity contribution in [3.63, 3.8) is 0 Å². The molecular weight excluding hydrogens is 380 g/mol. The van der Waals surface area contributed by atoms with Gasteiger partial charge in [0.1, 0.15) is 28.8 Å². The van der Waals surface area contributed by atoms with E-state index in [1.165, 1.54) is 23.3 Å². The summed E-state index contributed by atoms with van der Waals surface area (Å²) in [4.78, 5) is 14.0. The van der Waals surface area contributed by atoms with Crippen LogP contribution in [0.4, 0.5) is 5.82 Å². The van der Waals surface area contributed by atoms with Crippen molar-refractivity contribution in [2.45, 2.75) is 32.2 Å². The van der Waals surface area contributed by atoms with Crippen LogP contribution in [0.25, 0.3) is 10.2 Å². The highest BCUT2D eigenvalue weighted by Crippen LogP contribution is 2.37. The summed E-state index contributed by atoms with van der Waals surface area (Å²) in [6.07, 6.45) is 4.74. The predicted molar refractivity (Wildman–Crippen MR) is 112 cm³/mol. The van der Waals surface area contributed by atoms with E-state index in [0.29, 0.717) is 24.0 Å². The third-order valence-electron chi connectivity index (χ3n) is 4.84. The number of anilines is 1. The molecule has 0 saturated carbocycles. The lowest BCUT2D eigenvalue weighted by Crippen LogP contribution is -2.25. The molecule has 0 aliphatic heterocycles. The minimum absolute atomic E-state index is 0.571. The first-order chi connectivity index (χ1) is 13.1. The zero-order chi connectivity index (χ0) is 18.8. The van der Waals surface area contributed by atoms with Gasteiger partial charge in [-0.15, -0.1) is 11.3 Å². The first-order valence-corrected chi connectivity index (χ1v) is 10.4. The third kappa shape index (κ3) is 4.18. The van der Waals surface area contributed by atoms with Gasteiger partial charge in [0.05, 0.1) is 11.9 Å². The van der Waals surface area contributed by atoms with Gasteiger partial charge in [0.2, 0.25) is 0 Å². The van der Waals surface area contributed by atoms with E-state index < -0.39 is 0 Å². The van der Waals surface area contributed by atoms with E-state index in [4.69, 9.17) is 27.1 Å². The molecule has 1 aliphatic rings. The van der Waals surface area contributed by atoms with Crippen LogP contribution in [0.1, 0.15) is 29.1 Å². The van der Waals surface area contributed by atoms with Crippen LogP contribution in [0.15, 0.2) is 24.3 Å². The molecule has 0 atom stereocenters. The zero-order valence-corrected chi connectivity index (χ0v) is 16.9. The summed E-state index contributed by atoms with van der Waals surface area (Å²) in [5.41, 5.74) is 7.67. The van der Waals surface area contributed by atoms with Gasteiger partial charge in [0.25, 0.3) is 0 Å². The number of halogens is 1. The fourth-order valence-electron chi connectivity index (χ4n) is 3.50. The Labute approximate surface area is 168 Å². The smallest absolute Gasteiger partial charge is 0.146 e. The number of nitrogens with two attached hydrogens (primary N) is 1. The number of benzene rings is 1. The Hall–Kier alpha value is -1.89. The Kier molecular flexibility index (Phi) is 5.48. The van der Waals surface area contributed by atoms with Gasteiger partial charge in [-0.3, -0.25) is 4.90 Å². The number of fused-ring (bicyclic) bond motifs is 3. The van der Waals surface area contributed by atoms with Crippen molar-refractivity contribution < 1.29 is 4.74 Å². The van der Waals surface area contributed by atoms with E-state index in [9.17, 15) is 0 Å². The summed E-state index contributed by atoms with van der Waals surface area (Å²) >= 11 is 7.76. The molecule has 2 N–H and O–H groups in total. The van der Waals surface area contributed by atoms with Crippen LogP contribution in [0.3, 0.4) is 0 Å². The maximum Gasteiger partial charge on any atom is 0.146 e. The summed E-state index contributed by atoms with van der Waals surface area (Å²) in [7, 11) is 2.03. The van der Waals surface area contributed by atoms with Crippen LogP contribution in [0.5, 0.6) is 5.75 Å². The number of ether oxygens (including phenoxy) is 1. The molecule has 2 aromatic heterocycles. The SMILES string of the molecule is CN(CCOc1cccc(Cl)c1)Cc1nc(N)c2c3c(sc2n1)CCCC3. The molecule has 0 spiro atoms. The second-order valence-corrected chi connectivity index (χ2v) is 8.48. The van der Waals surface area contributed by atoms with Gasteiger partial charge in [-0.2, -0.15) is 0 Å². The minimum atomic E-state index is 0.571. The summed E-state index contributed by atoms with van der Waals surface area (Å²) in [5.74, 6) is 2.17. The van der Waals surface area contributed by atoms with E-state index in [1.54, 1.807) is 11.3 Å². The standard InChI is InChI=1S/C20H23ClN4OS/c1-25(9-10-26-14-6-4-5-13(21)11-14)12-17-23-19(22)18-15-7-2-3-8-16(15)27-20(18)24-17/h4-6,11H,2-3,7-10,12H2,1H3,(H2,22,23,24). The topological polar surface area (TPSA) is 64.3 Å².